The van der Waals surface area contributed by atoms with Crippen molar-refractivity contribution < 1.29 is 5.11 Å². The van der Waals surface area contributed by atoms with Crippen molar-refractivity contribution in [2.75, 3.05) is 6.54 Å². The first-order valence-corrected chi connectivity index (χ1v) is 8.00. The van der Waals surface area contributed by atoms with Gasteiger partial charge < -0.3 is 5.11 Å². The van der Waals surface area contributed by atoms with E-state index in [1.165, 1.54) is 17.2 Å². The molecule has 21 heavy (non-hydrogen) atoms. The van der Waals surface area contributed by atoms with Gasteiger partial charge in [-0.2, -0.15) is 0 Å². The number of fused-ring (bicyclic) bond motifs is 1. The van der Waals surface area contributed by atoms with Crippen molar-refractivity contribution in [3.05, 3.63) is 42.0 Å². The van der Waals surface area contributed by atoms with Gasteiger partial charge in [-0.05, 0) is 42.0 Å². The number of benzene rings is 2. The third-order valence-electron chi connectivity index (χ3n) is 5.10. The predicted molar refractivity (Wildman–Crippen MR) is 88.4 cm³/mol. The van der Waals surface area contributed by atoms with Crippen LogP contribution < -0.4 is 0 Å². The number of hydrogen-bond donors (Lipinski definition) is 1. The van der Waals surface area contributed by atoms with E-state index < -0.39 is 0 Å². The van der Waals surface area contributed by atoms with Crippen LogP contribution in [0, 0.1) is 11.8 Å². The molecule has 0 aliphatic carbocycles. The fourth-order valence-corrected chi connectivity index (χ4v) is 3.73. The second-order valence-corrected chi connectivity index (χ2v) is 6.77. The molecule has 2 heteroatoms. The molecular formula is C19H25NO. The smallest absolute Gasteiger partial charge is 0.120 e. The van der Waals surface area contributed by atoms with Crippen LogP contribution in [0.3, 0.4) is 0 Å². The lowest BCUT2D eigenvalue weighted by molar-refractivity contribution is 0.0727. The first-order valence-electron chi connectivity index (χ1n) is 8.00. The molecule has 2 aromatic rings. The predicted octanol–water partition coefficient (Wildman–Crippen LogP) is 4.41. The number of nitrogens with zero attached hydrogens (tertiary/aromatic N) is 1. The summed E-state index contributed by atoms with van der Waals surface area (Å²) in [6.07, 6.45) is 1.30. The van der Waals surface area contributed by atoms with E-state index in [4.69, 9.17) is 0 Å². The fourth-order valence-electron chi connectivity index (χ4n) is 3.73. The average Bonchev–Trinajstić information content (AvgIpc) is 2.47. The molecule has 2 aromatic carbocycles. The number of likely N-dealkylation sites (tertiary alicyclic amines) is 1. The highest BCUT2D eigenvalue weighted by atomic mass is 16.3. The highest BCUT2D eigenvalue weighted by Gasteiger charge is 2.29. The number of piperidine rings is 1. The molecular weight excluding hydrogens is 258 g/mol. The van der Waals surface area contributed by atoms with Gasteiger partial charge in [-0.1, -0.05) is 44.2 Å². The number of hydrogen-bond acceptors (Lipinski definition) is 2. The molecule has 0 bridgehead atoms. The van der Waals surface area contributed by atoms with Crippen molar-refractivity contribution in [2.24, 2.45) is 11.8 Å². The van der Waals surface area contributed by atoms with Gasteiger partial charge in [-0.25, -0.2) is 0 Å². The largest absolute Gasteiger partial charge is 0.508 e. The highest BCUT2D eigenvalue weighted by Crippen LogP contribution is 2.33. The molecule has 0 spiro atoms. The van der Waals surface area contributed by atoms with E-state index in [0.29, 0.717) is 17.7 Å². The number of aromatic hydroxyl groups is 1. The standard InChI is InChI=1S/C19H25NO/c1-13-10-14(2)15(3)20(11-13)12-18-17-7-5-4-6-16(17)8-9-19(18)21/h4-9,13-15,21H,10-12H2,1-3H3. The normalized spacial score (nSPS) is 27.1. The summed E-state index contributed by atoms with van der Waals surface area (Å²) in [6, 6.07) is 12.7. The third kappa shape index (κ3) is 2.77. The molecule has 0 aromatic heterocycles. The van der Waals surface area contributed by atoms with Gasteiger partial charge in [0.1, 0.15) is 5.75 Å². The molecule has 3 atom stereocenters. The van der Waals surface area contributed by atoms with Crippen LogP contribution in [0.1, 0.15) is 32.8 Å². The summed E-state index contributed by atoms with van der Waals surface area (Å²) in [5, 5.41) is 12.7. The summed E-state index contributed by atoms with van der Waals surface area (Å²) < 4.78 is 0. The Bertz CT molecular complexity index is 636. The van der Waals surface area contributed by atoms with E-state index in [9.17, 15) is 5.11 Å². The molecule has 112 valence electrons. The van der Waals surface area contributed by atoms with Crippen LogP contribution in [0.15, 0.2) is 36.4 Å². The quantitative estimate of drug-likeness (QED) is 0.882. The first kappa shape index (κ1) is 14.4. The monoisotopic (exact) mass is 283 g/mol. The SMILES string of the molecule is CC1CC(C)C(C)N(Cc2c(O)ccc3ccccc23)C1. The van der Waals surface area contributed by atoms with Crippen LogP contribution in [0.4, 0.5) is 0 Å². The van der Waals surface area contributed by atoms with E-state index in [0.717, 1.165) is 24.6 Å². The van der Waals surface area contributed by atoms with Gasteiger partial charge in [0.2, 0.25) is 0 Å². The maximum absolute atomic E-state index is 10.3. The summed E-state index contributed by atoms with van der Waals surface area (Å²) >= 11 is 0. The molecule has 1 aliphatic rings. The van der Waals surface area contributed by atoms with Crippen molar-refractivity contribution in [1.82, 2.24) is 4.90 Å². The van der Waals surface area contributed by atoms with Crippen LogP contribution in [-0.2, 0) is 6.54 Å². The lowest BCUT2D eigenvalue weighted by Crippen LogP contribution is -2.45. The Labute approximate surface area is 127 Å². The van der Waals surface area contributed by atoms with Gasteiger partial charge in [0.25, 0.3) is 0 Å². The molecule has 3 rings (SSSR count). The molecule has 1 aliphatic heterocycles. The van der Waals surface area contributed by atoms with Crippen LogP contribution in [0.2, 0.25) is 0 Å². The van der Waals surface area contributed by atoms with Crippen LogP contribution in [-0.4, -0.2) is 22.6 Å². The van der Waals surface area contributed by atoms with E-state index in [2.05, 4.69) is 49.9 Å². The molecule has 1 saturated heterocycles. The molecule has 0 amide bonds. The molecule has 1 N–H and O–H groups in total. The average molecular weight is 283 g/mol. The van der Waals surface area contributed by atoms with Gasteiger partial charge in [0, 0.05) is 24.7 Å². The minimum absolute atomic E-state index is 0.423. The number of phenolic OH excluding ortho intramolecular Hbond substituents is 1. The second kappa shape index (κ2) is 5.69. The Morgan fingerprint density at radius 1 is 1.10 bits per heavy atom. The van der Waals surface area contributed by atoms with Crippen LogP contribution in [0.25, 0.3) is 10.8 Å². The molecule has 1 heterocycles. The Morgan fingerprint density at radius 2 is 1.86 bits per heavy atom. The van der Waals surface area contributed by atoms with E-state index in [1.54, 1.807) is 0 Å². The van der Waals surface area contributed by atoms with Crippen molar-refractivity contribution in [1.29, 1.82) is 0 Å². The topological polar surface area (TPSA) is 23.5 Å². The maximum Gasteiger partial charge on any atom is 0.120 e. The molecule has 0 saturated carbocycles. The van der Waals surface area contributed by atoms with Crippen molar-refractivity contribution in [2.45, 2.75) is 39.8 Å². The summed E-state index contributed by atoms with van der Waals surface area (Å²) in [5.41, 5.74) is 1.07. The van der Waals surface area contributed by atoms with E-state index in [1.807, 2.05) is 12.1 Å². The lowest BCUT2D eigenvalue weighted by Gasteiger charge is -2.41. The molecule has 2 nitrogen and oxygen atoms in total. The minimum Gasteiger partial charge on any atom is -0.508 e. The minimum atomic E-state index is 0.423. The van der Waals surface area contributed by atoms with Crippen LogP contribution >= 0.6 is 0 Å². The van der Waals surface area contributed by atoms with Gasteiger partial charge >= 0.3 is 0 Å². The van der Waals surface area contributed by atoms with E-state index >= 15 is 0 Å². The summed E-state index contributed by atoms with van der Waals surface area (Å²) in [7, 11) is 0. The van der Waals surface area contributed by atoms with Crippen LogP contribution in [0.5, 0.6) is 5.75 Å². The first-order chi connectivity index (χ1) is 10.1. The van der Waals surface area contributed by atoms with Gasteiger partial charge in [0.05, 0.1) is 0 Å². The Morgan fingerprint density at radius 3 is 2.67 bits per heavy atom. The zero-order valence-electron chi connectivity index (χ0n) is 13.2. The molecule has 0 radical (unpaired) electrons. The van der Waals surface area contributed by atoms with Gasteiger partial charge in [-0.3, -0.25) is 4.90 Å². The number of phenols is 1. The lowest BCUT2D eigenvalue weighted by atomic mass is 9.85. The summed E-state index contributed by atoms with van der Waals surface area (Å²) in [6.45, 7) is 8.95. The zero-order chi connectivity index (χ0) is 15.0. The zero-order valence-corrected chi connectivity index (χ0v) is 13.2. The highest BCUT2D eigenvalue weighted by molar-refractivity contribution is 5.87. The second-order valence-electron chi connectivity index (χ2n) is 6.77. The third-order valence-corrected chi connectivity index (χ3v) is 5.10. The Kier molecular flexibility index (Phi) is 3.90. The fraction of sp³-hybridized carbons (Fsp3) is 0.474. The summed E-state index contributed by atoms with van der Waals surface area (Å²) in [4.78, 5) is 2.53. The van der Waals surface area contributed by atoms with Crippen molar-refractivity contribution in [3.8, 4) is 5.75 Å². The van der Waals surface area contributed by atoms with Gasteiger partial charge in [0.15, 0.2) is 0 Å². The Hall–Kier alpha value is -1.54. The molecule has 3 unspecified atom stereocenters. The number of rotatable bonds is 2. The Balaban J connectivity index is 1.95. The van der Waals surface area contributed by atoms with E-state index in [-0.39, 0.29) is 0 Å². The van der Waals surface area contributed by atoms with Gasteiger partial charge in [-0.15, -0.1) is 0 Å². The van der Waals surface area contributed by atoms with Crippen molar-refractivity contribution in [3.63, 3.8) is 0 Å². The maximum atomic E-state index is 10.3. The van der Waals surface area contributed by atoms with Crippen molar-refractivity contribution >= 4 is 10.8 Å². The molecule has 1 fully saturated rings. The summed E-state index contributed by atoms with van der Waals surface area (Å²) in [5.74, 6) is 1.87.